The van der Waals surface area contributed by atoms with Gasteiger partial charge < -0.3 is 10.2 Å². The van der Waals surface area contributed by atoms with Crippen molar-refractivity contribution in [2.75, 3.05) is 19.6 Å². The first-order valence-corrected chi connectivity index (χ1v) is 10.8. The van der Waals surface area contributed by atoms with Gasteiger partial charge >= 0.3 is 0 Å². The van der Waals surface area contributed by atoms with Crippen molar-refractivity contribution >= 4 is 23.2 Å². The second-order valence-electron chi connectivity index (χ2n) is 8.24. The molecule has 2 N–H and O–H groups in total. The van der Waals surface area contributed by atoms with E-state index in [0.29, 0.717) is 29.8 Å². The van der Waals surface area contributed by atoms with Crippen LogP contribution in [0.15, 0.2) is 35.3 Å². The molecule has 9 heteroatoms. The number of piperidine rings is 1. The molecule has 0 spiro atoms. The number of carbonyl (C=O) groups is 1. The second-order valence-corrected chi connectivity index (χ2v) is 8.64. The SMILES string of the molecule is CC(C)N1CCC(CNC(=O)c2c[nH]n3c(=O)cc(-c4ccc(F)c(Cl)c4)nc23)CC1. The van der Waals surface area contributed by atoms with E-state index in [0.717, 1.165) is 25.9 Å². The molecule has 3 aromatic rings. The fraction of sp³-hybridized carbons (Fsp3) is 0.409. The number of aromatic amines is 1. The molecule has 0 unspecified atom stereocenters. The molecular formula is C22H25ClFN5O2. The number of hydrogen-bond acceptors (Lipinski definition) is 4. The predicted octanol–water partition coefficient (Wildman–Crippen LogP) is 3.33. The maximum atomic E-state index is 13.5. The summed E-state index contributed by atoms with van der Waals surface area (Å²) in [4.78, 5) is 32.2. The highest BCUT2D eigenvalue weighted by Crippen LogP contribution is 2.24. The van der Waals surface area contributed by atoms with Crippen molar-refractivity contribution in [3.63, 3.8) is 0 Å². The summed E-state index contributed by atoms with van der Waals surface area (Å²) in [5, 5.41) is 5.70. The molecule has 0 radical (unpaired) electrons. The number of aromatic nitrogens is 3. The average molecular weight is 446 g/mol. The standard InChI is InChI=1S/C22H25ClFN5O2/c1-13(2)28-7-5-14(6-8-28)11-25-22(31)16-12-26-29-20(30)10-19(27-21(16)29)15-3-4-18(24)17(23)9-15/h3-4,9-10,12-14,26H,5-8,11H2,1-2H3,(H,25,31). The molecule has 31 heavy (non-hydrogen) atoms. The minimum absolute atomic E-state index is 0.0601. The number of halogens is 2. The number of hydrogen-bond donors (Lipinski definition) is 2. The topological polar surface area (TPSA) is 82.5 Å². The number of nitrogens with one attached hydrogen (secondary N) is 2. The summed E-state index contributed by atoms with van der Waals surface area (Å²) in [5.74, 6) is -0.410. The Bertz CT molecular complexity index is 1160. The maximum absolute atomic E-state index is 13.5. The van der Waals surface area contributed by atoms with Crippen LogP contribution in [0.1, 0.15) is 37.0 Å². The zero-order valence-electron chi connectivity index (χ0n) is 17.5. The van der Waals surface area contributed by atoms with E-state index in [1.807, 2.05) is 0 Å². The van der Waals surface area contributed by atoms with Crippen LogP contribution in [0.3, 0.4) is 0 Å². The Morgan fingerprint density at radius 2 is 2.06 bits per heavy atom. The van der Waals surface area contributed by atoms with E-state index < -0.39 is 5.82 Å². The summed E-state index contributed by atoms with van der Waals surface area (Å²) in [6, 6.07) is 5.98. The molecule has 0 saturated carbocycles. The minimum Gasteiger partial charge on any atom is -0.352 e. The van der Waals surface area contributed by atoms with Gasteiger partial charge in [0.05, 0.1) is 10.7 Å². The molecule has 1 aliphatic heterocycles. The van der Waals surface area contributed by atoms with Gasteiger partial charge in [-0.1, -0.05) is 11.6 Å². The summed E-state index contributed by atoms with van der Waals surface area (Å²) in [7, 11) is 0. The Kier molecular flexibility index (Phi) is 6.11. The molecule has 3 heterocycles. The van der Waals surface area contributed by atoms with Crippen molar-refractivity contribution in [1.29, 1.82) is 0 Å². The first-order chi connectivity index (χ1) is 14.8. The van der Waals surface area contributed by atoms with Crippen molar-refractivity contribution in [3.8, 4) is 11.3 Å². The highest BCUT2D eigenvalue weighted by molar-refractivity contribution is 6.31. The number of H-pyrrole nitrogens is 1. The second kappa shape index (κ2) is 8.80. The lowest BCUT2D eigenvalue weighted by molar-refractivity contribution is 0.0931. The average Bonchev–Trinajstić information content (AvgIpc) is 3.19. The Morgan fingerprint density at radius 3 is 2.74 bits per heavy atom. The van der Waals surface area contributed by atoms with Crippen LogP contribution < -0.4 is 10.9 Å². The van der Waals surface area contributed by atoms with Crippen molar-refractivity contribution in [2.24, 2.45) is 5.92 Å². The fourth-order valence-corrected chi connectivity index (χ4v) is 4.14. The van der Waals surface area contributed by atoms with Crippen molar-refractivity contribution in [3.05, 3.63) is 57.2 Å². The minimum atomic E-state index is -0.552. The van der Waals surface area contributed by atoms with Crippen LogP contribution in [0, 0.1) is 11.7 Å². The van der Waals surface area contributed by atoms with Gasteiger partial charge in [-0.25, -0.2) is 13.9 Å². The Labute approximate surface area is 184 Å². The molecule has 0 aliphatic carbocycles. The molecule has 4 rings (SSSR count). The Balaban J connectivity index is 1.52. The fourth-order valence-electron chi connectivity index (χ4n) is 3.96. The third kappa shape index (κ3) is 4.50. The first-order valence-electron chi connectivity index (χ1n) is 10.4. The van der Waals surface area contributed by atoms with Crippen LogP contribution in [0.2, 0.25) is 5.02 Å². The number of carbonyl (C=O) groups excluding carboxylic acids is 1. The zero-order chi connectivity index (χ0) is 22.1. The van der Waals surface area contributed by atoms with E-state index in [1.165, 1.54) is 35.0 Å². The maximum Gasteiger partial charge on any atom is 0.273 e. The van der Waals surface area contributed by atoms with Crippen LogP contribution in [-0.2, 0) is 0 Å². The van der Waals surface area contributed by atoms with E-state index in [1.54, 1.807) is 0 Å². The van der Waals surface area contributed by atoms with Gasteiger partial charge in [0.15, 0.2) is 5.65 Å². The molecule has 1 amide bonds. The van der Waals surface area contributed by atoms with Crippen molar-refractivity contribution < 1.29 is 9.18 Å². The van der Waals surface area contributed by atoms with Gasteiger partial charge in [0, 0.05) is 30.4 Å². The van der Waals surface area contributed by atoms with Gasteiger partial charge in [0.25, 0.3) is 11.5 Å². The highest BCUT2D eigenvalue weighted by Gasteiger charge is 2.22. The smallest absolute Gasteiger partial charge is 0.273 e. The number of rotatable bonds is 5. The van der Waals surface area contributed by atoms with Gasteiger partial charge in [0.1, 0.15) is 11.4 Å². The quantitative estimate of drug-likeness (QED) is 0.631. The van der Waals surface area contributed by atoms with Gasteiger partial charge in [-0.2, -0.15) is 0 Å². The third-order valence-electron chi connectivity index (χ3n) is 5.89. The van der Waals surface area contributed by atoms with Crippen LogP contribution in [0.25, 0.3) is 16.9 Å². The van der Waals surface area contributed by atoms with Crippen LogP contribution >= 0.6 is 11.6 Å². The van der Waals surface area contributed by atoms with Crippen LogP contribution in [0.5, 0.6) is 0 Å². The van der Waals surface area contributed by atoms with E-state index in [9.17, 15) is 14.0 Å². The normalized spacial score (nSPS) is 15.6. The molecule has 7 nitrogen and oxygen atoms in total. The summed E-state index contributed by atoms with van der Waals surface area (Å²) in [6.45, 7) is 7.04. The lowest BCUT2D eigenvalue weighted by Gasteiger charge is -2.34. The molecule has 1 saturated heterocycles. The van der Waals surface area contributed by atoms with Crippen LogP contribution in [0.4, 0.5) is 4.39 Å². The molecular weight excluding hydrogens is 421 g/mol. The summed E-state index contributed by atoms with van der Waals surface area (Å²) in [6.07, 6.45) is 3.56. The Hall–Kier alpha value is -2.71. The first kappa shape index (κ1) is 21.5. The molecule has 2 aromatic heterocycles. The predicted molar refractivity (Wildman–Crippen MR) is 118 cm³/mol. The number of fused-ring (bicyclic) bond motifs is 1. The van der Waals surface area contributed by atoms with Gasteiger partial charge in [-0.05, 0) is 63.9 Å². The van der Waals surface area contributed by atoms with Gasteiger partial charge in [-0.3, -0.25) is 14.7 Å². The summed E-state index contributed by atoms with van der Waals surface area (Å²) < 4.78 is 14.7. The largest absolute Gasteiger partial charge is 0.352 e. The van der Waals surface area contributed by atoms with Crippen LogP contribution in [-0.4, -0.2) is 51.1 Å². The molecule has 1 aliphatic rings. The Morgan fingerprint density at radius 1 is 1.32 bits per heavy atom. The molecule has 1 aromatic carbocycles. The third-order valence-corrected chi connectivity index (χ3v) is 6.18. The monoisotopic (exact) mass is 445 g/mol. The molecule has 0 bridgehead atoms. The number of benzene rings is 1. The summed E-state index contributed by atoms with van der Waals surface area (Å²) in [5.41, 5.74) is 0.944. The zero-order valence-corrected chi connectivity index (χ0v) is 18.2. The number of nitrogens with zero attached hydrogens (tertiary/aromatic N) is 3. The van der Waals surface area contributed by atoms with Crippen molar-refractivity contribution in [2.45, 2.75) is 32.7 Å². The molecule has 1 fully saturated rings. The van der Waals surface area contributed by atoms with E-state index in [4.69, 9.17) is 11.6 Å². The molecule has 0 atom stereocenters. The van der Waals surface area contributed by atoms with Crippen molar-refractivity contribution in [1.82, 2.24) is 24.8 Å². The van der Waals surface area contributed by atoms with E-state index >= 15 is 0 Å². The number of amides is 1. The lowest BCUT2D eigenvalue weighted by atomic mass is 9.96. The summed E-state index contributed by atoms with van der Waals surface area (Å²) >= 11 is 5.86. The lowest BCUT2D eigenvalue weighted by Crippen LogP contribution is -2.41. The number of likely N-dealkylation sites (tertiary alicyclic amines) is 1. The molecule has 164 valence electrons. The van der Waals surface area contributed by atoms with Gasteiger partial charge in [-0.15, -0.1) is 0 Å². The highest BCUT2D eigenvalue weighted by atomic mass is 35.5. The van der Waals surface area contributed by atoms with E-state index in [2.05, 4.69) is 34.1 Å². The van der Waals surface area contributed by atoms with Gasteiger partial charge in [0.2, 0.25) is 0 Å². The van der Waals surface area contributed by atoms with E-state index in [-0.39, 0.29) is 27.7 Å².